The number of thiophene rings is 1. The van der Waals surface area contributed by atoms with E-state index in [0.29, 0.717) is 6.04 Å². The van der Waals surface area contributed by atoms with Crippen LogP contribution in [-0.4, -0.2) is 11.5 Å². The zero-order valence-electron chi connectivity index (χ0n) is 9.39. The maximum atomic E-state index is 4.02. The smallest absolute Gasteiger partial charge is 0.0293 e. The van der Waals surface area contributed by atoms with Gasteiger partial charge in [0.05, 0.1) is 0 Å². The highest BCUT2D eigenvalue weighted by Crippen LogP contribution is 2.12. The van der Waals surface area contributed by atoms with Crippen molar-refractivity contribution in [3.63, 3.8) is 0 Å². The molecule has 0 radical (unpaired) electrons. The van der Waals surface area contributed by atoms with Gasteiger partial charge in [-0.1, -0.05) is 6.07 Å². The third-order valence-corrected chi connectivity index (χ3v) is 3.54. The summed E-state index contributed by atoms with van der Waals surface area (Å²) in [5, 5.41) is 5.64. The molecule has 1 unspecified atom stereocenters. The van der Waals surface area contributed by atoms with Crippen LogP contribution >= 0.6 is 11.3 Å². The molecule has 0 aliphatic carbocycles. The van der Waals surface area contributed by atoms with E-state index >= 15 is 0 Å². The fourth-order valence-corrected chi connectivity index (χ4v) is 2.35. The fraction of sp³-hybridized carbons (Fsp3) is 0.308. The Labute approximate surface area is 100 Å². The van der Waals surface area contributed by atoms with Crippen LogP contribution in [0.1, 0.15) is 23.4 Å². The van der Waals surface area contributed by atoms with Gasteiger partial charge in [0.25, 0.3) is 0 Å². The van der Waals surface area contributed by atoms with E-state index in [9.17, 15) is 0 Å². The molecule has 2 nitrogen and oxygen atoms in total. The van der Waals surface area contributed by atoms with Crippen LogP contribution < -0.4 is 5.32 Å². The van der Waals surface area contributed by atoms with Crippen molar-refractivity contribution in [1.29, 1.82) is 0 Å². The van der Waals surface area contributed by atoms with E-state index in [0.717, 1.165) is 13.0 Å². The molecule has 0 saturated carbocycles. The Balaban J connectivity index is 1.78. The van der Waals surface area contributed by atoms with Gasteiger partial charge >= 0.3 is 0 Å². The molecule has 16 heavy (non-hydrogen) atoms. The highest BCUT2D eigenvalue weighted by atomic mass is 32.1. The Hall–Kier alpha value is -1.19. The Bertz CT molecular complexity index is 397. The first-order valence-electron chi connectivity index (χ1n) is 5.52. The van der Waals surface area contributed by atoms with Gasteiger partial charge in [-0.2, -0.15) is 0 Å². The van der Waals surface area contributed by atoms with Crippen molar-refractivity contribution >= 4 is 11.3 Å². The summed E-state index contributed by atoms with van der Waals surface area (Å²) in [4.78, 5) is 5.46. The summed E-state index contributed by atoms with van der Waals surface area (Å²) in [5.74, 6) is 0. The lowest BCUT2D eigenvalue weighted by atomic mass is 10.1. The van der Waals surface area contributed by atoms with E-state index in [2.05, 4.69) is 46.9 Å². The minimum absolute atomic E-state index is 0.392. The van der Waals surface area contributed by atoms with Crippen molar-refractivity contribution < 1.29 is 0 Å². The molecule has 2 rings (SSSR count). The molecule has 2 aromatic rings. The summed E-state index contributed by atoms with van der Waals surface area (Å²) in [6.07, 6.45) is 4.78. The number of aromatic nitrogens is 1. The predicted molar refractivity (Wildman–Crippen MR) is 68.7 cm³/mol. The third-order valence-electron chi connectivity index (χ3n) is 2.61. The number of nitrogens with one attached hydrogen (secondary N) is 1. The van der Waals surface area contributed by atoms with Crippen LogP contribution in [0, 0.1) is 0 Å². The van der Waals surface area contributed by atoms with E-state index in [1.54, 1.807) is 0 Å². The van der Waals surface area contributed by atoms with Gasteiger partial charge in [0.15, 0.2) is 0 Å². The molecule has 0 bridgehead atoms. The Morgan fingerprint density at radius 3 is 2.81 bits per heavy atom. The van der Waals surface area contributed by atoms with Crippen molar-refractivity contribution in [2.45, 2.75) is 19.4 Å². The van der Waals surface area contributed by atoms with Crippen LogP contribution in [0.2, 0.25) is 0 Å². The molecule has 2 aromatic heterocycles. The number of nitrogens with zero attached hydrogens (tertiary/aromatic N) is 1. The molecule has 0 spiro atoms. The highest BCUT2D eigenvalue weighted by Gasteiger charge is 2.03. The number of hydrogen-bond acceptors (Lipinski definition) is 3. The molecule has 1 atom stereocenters. The van der Waals surface area contributed by atoms with E-state index in [1.165, 1.54) is 10.4 Å². The lowest BCUT2D eigenvalue weighted by molar-refractivity contribution is 0.578. The van der Waals surface area contributed by atoms with Crippen LogP contribution in [0.5, 0.6) is 0 Å². The molecular formula is C13H16N2S. The van der Waals surface area contributed by atoms with Gasteiger partial charge in [-0.05, 0) is 42.5 Å². The van der Waals surface area contributed by atoms with Crippen LogP contribution in [0.15, 0.2) is 42.0 Å². The average molecular weight is 232 g/mol. The molecule has 0 aliphatic heterocycles. The molecule has 0 aromatic carbocycles. The summed E-state index contributed by atoms with van der Waals surface area (Å²) in [5.41, 5.74) is 1.29. The minimum atomic E-state index is 0.392. The quantitative estimate of drug-likeness (QED) is 0.857. The molecular weight excluding hydrogens is 216 g/mol. The van der Waals surface area contributed by atoms with Gasteiger partial charge < -0.3 is 5.32 Å². The van der Waals surface area contributed by atoms with Gasteiger partial charge in [-0.25, -0.2) is 0 Å². The molecule has 84 valence electrons. The Morgan fingerprint density at radius 1 is 1.31 bits per heavy atom. The largest absolute Gasteiger partial charge is 0.310 e. The maximum Gasteiger partial charge on any atom is 0.0293 e. The zero-order valence-corrected chi connectivity index (χ0v) is 10.2. The first-order valence-corrected chi connectivity index (χ1v) is 6.40. The molecule has 0 saturated heterocycles. The monoisotopic (exact) mass is 232 g/mol. The average Bonchev–Trinajstić information content (AvgIpc) is 2.83. The first-order chi connectivity index (χ1) is 7.86. The Morgan fingerprint density at radius 2 is 2.12 bits per heavy atom. The summed E-state index contributed by atoms with van der Waals surface area (Å²) in [7, 11) is 0. The normalized spacial score (nSPS) is 12.6. The van der Waals surface area contributed by atoms with Crippen molar-refractivity contribution in [3.05, 3.63) is 52.5 Å². The number of pyridine rings is 1. The molecule has 0 fully saturated rings. The van der Waals surface area contributed by atoms with Crippen LogP contribution in [0.25, 0.3) is 0 Å². The SMILES string of the molecule is CC(NCCc1cccs1)c1ccncc1. The third kappa shape index (κ3) is 3.15. The molecule has 0 aliphatic rings. The topological polar surface area (TPSA) is 24.9 Å². The van der Waals surface area contributed by atoms with Gasteiger partial charge in [-0.3, -0.25) is 4.98 Å². The summed E-state index contributed by atoms with van der Waals surface area (Å²) in [6.45, 7) is 3.20. The van der Waals surface area contributed by atoms with E-state index in [1.807, 2.05) is 23.7 Å². The van der Waals surface area contributed by atoms with E-state index < -0.39 is 0 Å². The van der Waals surface area contributed by atoms with E-state index in [-0.39, 0.29) is 0 Å². The number of hydrogen-bond donors (Lipinski definition) is 1. The highest BCUT2D eigenvalue weighted by molar-refractivity contribution is 7.09. The molecule has 2 heterocycles. The summed E-state index contributed by atoms with van der Waals surface area (Å²) >= 11 is 1.82. The maximum absolute atomic E-state index is 4.02. The lowest BCUT2D eigenvalue weighted by Gasteiger charge is -2.13. The summed E-state index contributed by atoms with van der Waals surface area (Å²) in [6, 6.07) is 8.80. The molecule has 0 amide bonds. The lowest BCUT2D eigenvalue weighted by Crippen LogP contribution is -2.21. The fourth-order valence-electron chi connectivity index (χ4n) is 1.64. The standard InChI is InChI=1S/C13H16N2S/c1-11(12-4-7-14-8-5-12)15-9-6-13-3-2-10-16-13/h2-5,7-8,10-11,15H,6,9H2,1H3. The predicted octanol–water partition coefficient (Wildman–Crippen LogP) is 3.04. The second-order valence-electron chi connectivity index (χ2n) is 3.79. The second-order valence-corrected chi connectivity index (χ2v) is 4.82. The van der Waals surface area contributed by atoms with Crippen LogP contribution in [0.4, 0.5) is 0 Å². The summed E-state index contributed by atoms with van der Waals surface area (Å²) < 4.78 is 0. The van der Waals surface area contributed by atoms with Gasteiger partial charge in [0, 0.05) is 29.9 Å². The van der Waals surface area contributed by atoms with Crippen molar-refractivity contribution in [2.75, 3.05) is 6.54 Å². The molecule has 1 N–H and O–H groups in total. The zero-order chi connectivity index (χ0) is 11.2. The van der Waals surface area contributed by atoms with Crippen molar-refractivity contribution in [3.8, 4) is 0 Å². The van der Waals surface area contributed by atoms with Crippen LogP contribution in [-0.2, 0) is 6.42 Å². The van der Waals surface area contributed by atoms with Gasteiger partial charge in [0.1, 0.15) is 0 Å². The molecule has 3 heteroatoms. The second kappa shape index (κ2) is 5.77. The van der Waals surface area contributed by atoms with Gasteiger partial charge in [-0.15, -0.1) is 11.3 Å². The Kier molecular flexibility index (Phi) is 4.08. The first kappa shape index (κ1) is 11.3. The van der Waals surface area contributed by atoms with Crippen molar-refractivity contribution in [2.24, 2.45) is 0 Å². The number of rotatable bonds is 5. The van der Waals surface area contributed by atoms with E-state index in [4.69, 9.17) is 0 Å². The minimum Gasteiger partial charge on any atom is -0.310 e. The van der Waals surface area contributed by atoms with Crippen molar-refractivity contribution in [1.82, 2.24) is 10.3 Å². The van der Waals surface area contributed by atoms with Crippen LogP contribution in [0.3, 0.4) is 0 Å². The van der Waals surface area contributed by atoms with Gasteiger partial charge in [0.2, 0.25) is 0 Å².